The Bertz CT molecular complexity index is 1160. The molecule has 0 aromatic heterocycles. The Morgan fingerprint density at radius 1 is 0.906 bits per heavy atom. The number of carbonyl (C=O) groups is 1. The van der Waals surface area contributed by atoms with Crippen molar-refractivity contribution in [3.05, 3.63) is 83.9 Å². The monoisotopic (exact) mass is 470 g/mol. The Kier molecular flexibility index (Phi) is 7.48. The summed E-state index contributed by atoms with van der Waals surface area (Å²) in [6.45, 7) is 0.449. The maximum Gasteiger partial charge on any atom is 0.264 e. The number of hydrogen-bond acceptors (Lipinski definition) is 5. The van der Waals surface area contributed by atoms with Crippen molar-refractivity contribution in [2.24, 2.45) is 0 Å². The highest BCUT2D eigenvalue weighted by Crippen LogP contribution is 2.25. The number of nitrogens with zero attached hydrogens (tertiary/aromatic N) is 2. The molecule has 0 aliphatic rings. The summed E-state index contributed by atoms with van der Waals surface area (Å²) in [7, 11) is 1.15. The van der Waals surface area contributed by atoms with Crippen molar-refractivity contribution in [1.82, 2.24) is 4.90 Å². The predicted molar refractivity (Wildman–Crippen MR) is 129 cm³/mol. The maximum atomic E-state index is 12.9. The Balaban J connectivity index is 1.71. The highest BCUT2D eigenvalue weighted by Gasteiger charge is 2.22. The molecule has 0 aliphatic carbocycles. The van der Waals surface area contributed by atoms with E-state index in [1.807, 2.05) is 30.5 Å². The Morgan fingerprint density at radius 2 is 1.50 bits per heavy atom. The van der Waals surface area contributed by atoms with Crippen LogP contribution in [-0.2, 0) is 16.6 Å². The molecule has 0 N–H and O–H groups in total. The first-order valence-electron chi connectivity index (χ1n) is 9.87. The SMILES string of the molecule is COc1ccc(CN(C)C(=O)c2ccc(N(C)S(=O)(=O)c3ccc(SC)cc3)cc2)cc1. The smallest absolute Gasteiger partial charge is 0.264 e. The van der Waals surface area contributed by atoms with Gasteiger partial charge in [-0.25, -0.2) is 8.42 Å². The van der Waals surface area contributed by atoms with Crippen LogP contribution in [0.3, 0.4) is 0 Å². The van der Waals surface area contributed by atoms with Crippen molar-refractivity contribution in [3.8, 4) is 5.75 Å². The molecule has 0 unspecified atom stereocenters. The molecule has 0 saturated carbocycles. The van der Waals surface area contributed by atoms with Gasteiger partial charge in [0.25, 0.3) is 15.9 Å². The van der Waals surface area contributed by atoms with Gasteiger partial charge in [-0.15, -0.1) is 11.8 Å². The van der Waals surface area contributed by atoms with E-state index in [0.717, 1.165) is 16.2 Å². The van der Waals surface area contributed by atoms with Crippen molar-refractivity contribution >= 4 is 33.4 Å². The van der Waals surface area contributed by atoms with Gasteiger partial charge in [0.15, 0.2) is 0 Å². The second kappa shape index (κ2) is 10.1. The molecule has 0 bridgehead atoms. The molecule has 3 aromatic carbocycles. The highest BCUT2D eigenvalue weighted by atomic mass is 32.2. The van der Waals surface area contributed by atoms with Crippen molar-refractivity contribution in [2.75, 3.05) is 31.8 Å². The number of thioether (sulfide) groups is 1. The van der Waals surface area contributed by atoms with Crippen molar-refractivity contribution < 1.29 is 17.9 Å². The average molecular weight is 471 g/mol. The lowest BCUT2D eigenvalue weighted by Crippen LogP contribution is -2.27. The molecular formula is C24H26N2O4S2. The third-order valence-electron chi connectivity index (χ3n) is 5.12. The second-order valence-corrected chi connectivity index (χ2v) is 10.1. The molecule has 0 spiro atoms. The van der Waals surface area contributed by atoms with Gasteiger partial charge < -0.3 is 9.64 Å². The molecule has 8 heteroatoms. The molecule has 3 rings (SSSR count). The van der Waals surface area contributed by atoms with Crippen LogP contribution >= 0.6 is 11.8 Å². The average Bonchev–Trinajstić information content (AvgIpc) is 2.83. The Hall–Kier alpha value is -2.97. The number of amides is 1. The zero-order valence-electron chi connectivity index (χ0n) is 18.5. The number of methoxy groups -OCH3 is 1. The normalized spacial score (nSPS) is 11.1. The number of benzene rings is 3. The molecule has 168 valence electrons. The van der Waals surface area contributed by atoms with E-state index in [1.54, 1.807) is 79.4 Å². The van der Waals surface area contributed by atoms with Crippen LogP contribution < -0.4 is 9.04 Å². The lowest BCUT2D eigenvalue weighted by atomic mass is 10.1. The van der Waals surface area contributed by atoms with Gasteiger partial charge in [-0.3, -0.25) is 9.10 Å². The number of rotatable bonds is 8. The van der Waals surface area contributed by atoms with Gasteiger partial charge in [0.1, 0.15) is 5.75 Å². The lowest BCUT2D eigenvalue weighted by Gasteiger charge is -2.21. The standard InChI is InChI=1S/C24H26N2O4S2/c1-25(17-18-5-11-21(30-3)12-6-18)24(27)19-7-9-20(10-8-19)26(2)32(28,29)23-15-13-22(31-4)14-16-23/h5-16H,17H2,1-4H3. The predicted octanol–water partition coefficient (Wildman–Crippen LogP) is 4.51. The molecule has 0 heterocycles. The Labute approximate surface area is 193 Å². The third-order valence-corrected chi connectivity index (χ3v) is 7.66. The van der Waals surface area contributed by atoms with E-state index >= 15 is 0 Å². The summed E-state index contributed by atoms with van der Waals surface area (Å²) in [6, 6.07) is 20.9. The minimum absolute atomic E-state index is 0.148. The van der Waals surface area contributed by atoms with Crippen molar-refractivity contribution in [3.63, 3.8) is 0 Å². The van der Waals surface area contributed by atoms with Crippen LogP contribution in [0, 0.1) is 0 Å². The van der Waals surface area contributed by atoms with Gasteiger partial charge in [-0.1, -0.05) is 12.1 Å². The fraction of sp³-hybridized carbons (Fsp3) is 0.208. The number of anilines is 1. The molecule has 0 atom stereocenters. The third kappa shape index (κ3) is 5.26. The number of sulfonamides is 1. The molecule has 0 saturated heterocycles. The number of carbonyl (C=O) groups excluding carboxylic acids is 1. The van der Waals surface area contributed by atoms with Gasteiger partial charge in [0.05, 0.1) is 17.7 Å². The summed E-state index contributed by atoms with van der Waals surface area (Å²) in [6.07, 6.45) is 1.94. The lowest BCUT2D eigenvalue weighted by molar-refractivity contribution is 0.0785. The molecule has 0 fully saturated rings. The van der Waals surface area contributed by atoms with E-state index in [9.17, 15) is 13.2 Å². The number of ether oxygens (including phenoxy) is 1. The summed E-state index contributed by atoms with van der Waals surface area (Å²) >= 11 is 1.55. The van der Waals surface area contributed by atoms with Gasteiger partial charge in [0, 0.05) is 31.1 Å². The largest absolute Gasteiger partial charge is 0.497 e. The highest BCUT2D eigenvalue weighted by molar-refractivity contribution is 7.98. The van der Waals surface area contributed by atoms with E-state index in [0.29, 0.717) is 17.8 Å². The van der Waals surface area contributed by atoms with Crippen LogP contribution in [0.25, 0.3) is 0 Å². The molecule has 32 heavy (non-hydrogen) atoms. The zero-order valence-corrected chi connectivity index (χ0v) is 20.1. The Morgan fingerprint density at radius 3 is 2.03 bits per heavy atom. The fourth-order valence-electron chi connectivity index (χ4n) is 3.16. The molecule has 0 aliphatic heterocycles. The molecule has 0 radical (unpaired) electrons. The quantitative estimate of drug-likeness (QED) is 0.453. The van der Waals surface area contributed by atoms with Crippen LogP contribution in [0.5, 0.6) is 5.75 Å². The van der Waals surface area contributed by atoms with Gasteiger partial charge in [0.2, 0.25) is 0 Å². The van der Waals surface area contributed by atoms with Gasteiger partial charge >= 0.3 is 0 Å². The summed E-state index contributed by atoms with van der Waals surface area (Å²) in [5, 5.41) is 0. The number of hydrogen-bond donors (Lipinski definition) is 0. The molecule has 6 nitrogen and oxygen atoms in total. The summed E-state index contributed by atoms with van der Waals surface area (Å²) in [4.78, 5) is 15.6. The van der Waals surface area contributed by atoms with E-state index in [2.05, 4.69) is 0 Å². The maximum absolute atomic E-state index is 12.9. The topological polar surface area (TPSA) is 66.9 Å². The van der Waals surface area contributed by atoms with Crippen molar-refractivity contribution in [1.29, 1.82) is 0 Å². The van der Waals surface area contributed by atoms with Crippen LogP contribution in [0.4, 0.5) is 5.69 Å². The molecular weight excluding hydrogens is 444 g/mol. The van der Waals surface area contributed by atoms with Gasteiger partial charge in [-0.2, -0.15) is 0 Å². The molecule has 1 amide bonds. The van der Waals surface area contributed by atoms with Crippen LogP contribution in [0.1, 0.15) is 15.9 Å². The van der Waals surface area contributed by atoms with E-state index < -0.39 is 10.0 Å². The first-order chi connectivity index (χ1) is 15.3. The van der Waals surface area contributed by atoms with Crippen LogP contribution in [0.15, 0.2) is 82.6 Å². The van der Waals surface area contributed by atoms with Crippen LogP contribution in [0.2, 0.25) is 0 Å². The van der Waals surface area contributed by atoms with E-state index in [-0.39, 0.29) is 10.8 Å². The van der Waals surface area contributed by atoms with Gasteiger partial charge in [-0.05, 0) is 72.5 Å². The fourth-order valence-corrected chi connectivity index (χ4v) is 4.76. The summed E-state index contributed by atoms with van der Waals surface area (Å²) < 4.78 is 32.3. The summed E-state index contributed by atoms with van der Waals surface area (Å²) in [5.74, 6) is 0.614. The minimum Gasteiger partial charge on any atom is -0.497 e. The zero-order chi connectivity index (χ0) is 23.3. The first kappa shape index (κ1) is 23.7. The second-order valence-electron chi connectivity index (χ2n) is 7.20. The van der Waals surface area contributed by atoms with Crippen LogP contribution in [-0.4, -0.2) is 46.7 Å². The van der Waals surface area contributed by atoms with Crippen molar-refractivity contribution in [2.45, 2.75) is 16.3 Å². The van der Waals surface area contributed by atoms with E-state index in [1.165, 1.54) is 11.4 Å². The first-order valence-corrected chi connectivity index (χ1v) is 12.5. The molecule has 3 aromatic rings. The van der Waals surface area contributed by atoms with E-state index in [4.69, 9.17) is 4.74 Å². The summed E-state index contributed by atoms with van der Waals surface area (Å²) in [5.41, 5.74) is 1.95. The minimum atomic E-state index is -3.69.